The average molecular weight is 239 g/mol. The zero-order chi connectivity index (χ0) is 11.5. The van der Waals surface area contributed by atoms with Crippen LogP contribution in [0.1, 0.15) is 31.5 Å². The number of aromatic nitrogens is 1. The number of hydrogen-bond acceptors (Lipinski definition) is 2. The Morgan fingerprint density at radius 2 is 2.38 bits per heavy atom. The zero-order valence-electron chi connectivity index (χ0n) is 9.27. The standard InChI is InChI=1S/C12H15ClN2O/c1-9(11-4-2-3-7-14-11)15(10-5-6-10)12(16)8-13/h2-4,7,9-10H,5-6,8H2,1H3/t9-/m1/s1. The Bertz CT molecular complexity index is 365. The van der Waals surface area contributed by atoms with Crippen LogP contribution < -0.4 is 0 Å². The summed E-state index contributed by atoms with van der Waals surface area (Å²) in [5.74, 6) is 0.0514. The molecule has 1 aromatic heterocycles. The lowest BCUT2D eigenvalue weighted by atomic mass is 10.2. The van der Waals surface area contributed by atoms with Gasteiger partial charge in [0.25, 0.3) is 0 Å². The van der Waals surface area contributed by atoms with E-state index in [0.717, 1.165) is 18.5 Å². The molecule has 1 aliphatic carbocycles. The fraction of sp³-hybridized carbons (Fsp3) is 0.500. The van der Waals surface area contributed by atoms with Crippen LogP contribution in [0.4, 0.5) is 0 Å². The normalized spacial score (nSPS) is 16.9. The summed E-state index contributed by atoms with van der Waals surface area (Å²) in [5, 5.41) is 0. The average Bonchev–Trinajstić information content (AvgIpc) is 3.14. The minimum absolute atomic E-state index is 0.00215. The molecule has 0 N–H and O–H groups in total. The van der Waals surface area contributed by atoms with E-state index in [2.05, 4.69) is 4.98 Å². The summed E-state index contributed by atoms with van der Waals surface area (Å²) in [7, 11) is 0. The van der Waals surface area contributed by atoms with Gasteiger partial charge in [-0.25, -0.2) is 0 Å². The van der Waals surface area contributed by atoms with Gasteiger partial charge < -0.3 is 4.90 Å². The SMILES string of the molecule is C[C@H](c1ccccn1)N(C(=O)CCl)C1CC1. The third-order valence-corrected chi connectivity index (χ3v) is 3.10. The molecule has 0 saturated heterocycles. The largest absolute Gasteiger partial charge is 0.330 e. The number of rotatable bonds is 4. The van der Waals surface area contributed by atoms with Crippen LogP contribution in [-0.4, -0.2) is 27.7 Å². The molecule has 16 heavy (non-hydrogen) atoms. The van der Waals surface area contributed by atoms with Crippen LogP contribution in [0.2, 0.25) is 0 Å². The van der Waals surface area contributed by atoms with E-state index in [1.54, 1.807) is 6.20 Å². The topological polar surface area (TPSA) is 33.2 Å². The highest BCUT2D eigenvalue weighted by atomic mass is 35.5. The number of carbonyl (C=O) groups excluding carboxylic acids is 1. The molecule has 1 aromatic rings. The lowest BCUT2D eigenvalue weighted by molar-refractivity contribution is -0.131. The van der Waals surface area contributed by atoms with Crippen molar-refractivity contribution in [2.75, 3.05) is 5.88 Å². The van der Waals surface area contributed by atoms with Crippen molar-refractivity contribution in [3.63, 3.8) is 0 Å². The summed E-state index contributed by atoms with van der Waals surface area (Å²) in [6.45, 7) is 2.01. The number of halogens is 1. The molecule has 0 unspecified atom stereocenters. The van der Waals surface area contributed by atoms with Gasteiger partial charge in [-0.05, 0) is 31.9 Å². The third kappa shape index (κ3) is 2.35. The van der Waals surface area contributed by atoms with Gasteiger partial charge in [0.15, 0.2) is 0 Å². The van der Waals surface area contributed by atoms with Crippen molar-refractivity contribution >= 4 is 17.5 Å². The maximum absolute atomic E-state index is 11.8. The van der Waals surface area contributed by atoms with Crippen molar-refractivity contribution in [3.05, 3.63) is 30.1 Å². The molecule has 1 heterocycles. The van der Waals surface area contributed by atoms with Crippen molar-refractivity contribution in [2.45, 2.75) is 31.8 Å². The second-order valence-corrected chi connectivity index (χ2v) is 4.36. The fourth-order valence-electron chi connectivity index (χ4n) is 1.92. The molecule has 2 rings (SSSR count). The number of pyridine rings is 1. The molecule has 1 atom stereocenters. The van der Waals surface area contributed by atoms with E-state index in [9.17, 15) is 4.79 Å². The van der Waals surface area contributed by atoms with Crippen LogP contribution in [0.3, 0.4) is 0 Å². The fourth-order valence-corrected chi connectivity index (χ4v) is 2.06. The van der Waals surface area contributed by atoms with Crippen LogP contribution in [0.5, 0.6) is 0 Å². The second kappa shape index (κ2) is 4.83. The highest BCUT2D eigenvalue weighted by Gasteiger charge is 2.36. The van der Waals surface area contributed by atoms with Crippen molar-refractivity contribution < 1.29 is 4.79 Å². The smallest absolute Gasteiger partial charge is 0.238 e. The molecule has 0 aliphatic heterocycles. The number of nitrogens with zero attached hydrogens (tertiary/aromatic N) is 2. The maximum atomic E-state index is 11.8. The predicted octanol–water partition coefficient (Wildman–Crippen LogP) is 2.37. The molecule has 0 bridgehead atoms. The number of hydrogen-bond donors (Lipinski definition) is 0. The van der Waals surface area contributed by atoms with Crippen LogP contribution in [-0.2, 0) is 4.79 Å². The summed E-state index contributed by atoms with van der Waals surface area (Å²) < 4.78 is 0. The van der Waals surface area contributed by atoms with E-state index < -0.39 is 0 Å². The Kier molecular flexibility index (Phi) is 3.44. The maximum Gasteiger partial charge on any atom is 0.238 e. The first kappa shape index (κ1) is 11.4. The van der Waals surface area contributed by atoms with E-state index in [0.29, 0.717) is 6.04 Å². The van der Waals surface area contributed by atoms with Gasteiger partial charge in [-0.3, -0.25) is 9.78 Å². The molecule has 1 fully saturated rings. The van der Waals surface area contributed by atoms with Crippen LogP contribution in [0.15, 0.2) is 24.4 Å². The van der Waals surface area contributed by atoms with Gasteiger partial charge in [-0.15, -0.1) is 11.6 Å². The van der Waals surface area contributed by atoms with E-state index in [1.165, 1.54) is 0 Å². The Balaban J connectivity index is 2.17. The zero-order valence-corrected chi connectivity index (χ0v) is 10.0. The van der Waals surface area contributed by atoms with Crippen LogP contribution in [0.25, 0.3) is 0 Å². The Labute approximate surface area is 100 Å². The van der Waals surface area contributed by atoms with Crippen LogP contribution >= 0.6 is 11.6 Å². The van der Waals surface area contributed by atoms with Crippen molar-refractivity contribution in [3.8, 4) is 0 Å². The second-order valence-electron chi connectivity index (χ2n) is 4.10. The summed E-state index contributed by atoms with van der Waals surface area (Å²) in [6, 6.07) is 6.14. The lowest BCUT2D eigenvalue weighted by Crippen LogP contribution is -2.36. The van der Waals surface area contributed by atoms with Crippen molar-refractivity contribution in [1.82, 2.24) is 9.88 Å². The molecule has 0 aromatic carbocycles. The first-order valence-corrected chi connectivity index (χ1v) is 6.05. The molecule has 4 heteroatoms. The molecule has 0 radical (unpaired) electrons. The third-order valence-electron chi connectivity index (χ3n) is 2.88. The molecule has 3 nitrogen and oxygen atoms in total. The molecular weight excluding hydrogens is 224 g/mol. The summed E-state index contributed by atoms with van der Waals surface area (Å²) in [5.41, 5.74) is 0.924. The van der Waals surface area contributed by atoms with E-state index in [4.69, 9.17) is 11.6 Å². The highest BCUT2D eigenvalue weighted by molar-refractivity contribution is 6.27. The van der Waals surface area contributed by atoms with Gasteiger partial charge >= 0.3 is 0 Å². The summed E-state index contributed by atoms with van der Waals surface area (Å²) in [6.07, 6.45) is 3.92. The van der Waals surface area contributed by atoms with Gasteiger partial charge in [0.2, 0.25) is 5.91 Å². The lowest BCUT2D eigenvalue weighted by Gasteiger charge is -2.28. The van der Waals surface area contributed by atoms with Gasteiger partial charge in [0, 0.05) is 12.2 Å². The van der Waals surface area contributed by atoms with Gasteiger partial charge in [0.05, 0.1) is 11.7 Å². The molecule has 1 amide bonds. The highest BCUT2D eigenvalue weighted by Crippen LogP contribution is 2.33. The number of carbonyl (C=O) groups is 1. The minimum Gasteiger partial charge on any atom is -0.330 e. The Morgan fingerprint density at radius 1 is 1.62 bits per heavy atom. The summed E-state index contributed by atoms with van der Waals surface area (Å²) >= 11 is 5.64. The predicted molar refractivity (Wildman–Crippen MR) is 63.2 cm³/mol. The first-order chi connectivity index (χ1) is 7.74. The van der Waals surface area contributed by atoms with E-state index in [-0.39, 0.29) is 17.8 Å². The minimum atomic E-state index is 0.00215. The van der Waals surface area contributed by atoms with Crippen LogP contribution in [0, 0.1) is 0 Å². The van der Waals surface area contributed by atoms with E-state index >= 15 is 0 Å². The van der Waals surface area contributed by atoms with Crippen molar-refractivity contribution in [1.29, 1.82) is 0 Å². The van der Waals surface area contributed by atoms with Gasteiger partial charge in [0.1, 0.15) is 5.88 Å². The Morgan fingerprint density at radius 3 is 2.88 bits per heavy atom. The number of amides is 1. The van der Waals surface area contributed by atoms with Crippen molar-refractivity contribution in [2.24, 2.45) is 0 Å². The van der Waals surface area contributed by atoms with E-state index in [1.807, 2.05) is 30.0 Å². The molecule has 0 spiro atoms. The summed E-state index contributed by atoms with van der Waals surface area (Å²) in [4.78, 5) is 17.9. The number of alkyl halides is 1. The monoisotopic (exact) mass is 238 g/mol. The molecular formula is C12H15ClN2O. The molecule has 1 saturated carbocycles. The van der Waals surface area contributed by atoms with Gasteiger partial charge in [-0.2, -0.15) is 0 Å². The molecule has 1 aliphatic rings. The first-order valence-electron chi connectivity index (χ1n) is 5.52. The van der Waals surface area contributed by atoms with Gasteiger partial charge in [-0.1, -0.05) is 6.07 Å². The quantitative estimate of drug-likeness (QED) is 0.755. The molecule has 86 valence electrons. The Hall–Kier alpha value is -1.09.